The van der Waals surface area contributed by atoms with Gasteiger partial charge in [-0.15, -0.1) is 0 Å². The first-order valence-electron chi connectivity index (χ1n) is 6.36. The van der Waals surface area contributed by atoms with E-state index in [0.29, 0.717) is 0 Å². The number of aromatic nitrogens is 3. The second kappa shape index (κ2) is 6.46. The van der Waals surface area contributed by atoms with Gasteiger partial charge in [-0.3, -0.25) is 0 Å². The fourth-order valence-electron chi connectivity index (χ4n) is 1.68. The van der Waals surface area contributed by atoms with Gasteiger partial charge in [-0.1, -0.05) is 12.1 Å². The maximum absolute atomic E-state index is 12.8. The first-order chi connectivity index (χ1) is 10.4. The second-order valence-electron chi connectivity index (χ2n) is 4.52. The van der Waals surface area contributed by atoms with Crippen LogP contribution in [0.1, 0.15) is 12.5 Å². The number of hydrogen-bond donors (Lipinski definition) is 2. The lowest BCUT2D eigenvalue weighted by Crippen LogP contribution is -2.25. The van der Waals surface area contributed by atoms with Gasteiger partial charge >= 0.3 is 6.18 Å². The molecule has 6 nitrogen and oxygen atoms in total. The van der Waals surface area contributed by atoms with Gasteiger partial charge in [0.05, 0.1) is 11.6 Å². The number of nitrogens with one attached hydrogen (secondary N) is 1. The van der Waals surface area contributed by atoms with Crippen LogP contribution >= 0.6 is 0 Å². The Kier molecular flexibility index (Phi) is 4.64. The summed E-state index contributed by atoms with van der Waals surface area (Å²) in [5.74, 6) is 0.0551. The predicted octanol–water partition coefficient (Wildman–Crippen LogP) is 2.35. The summed E-state index contributed by atoms with van der Waals surface area (Å²) in [5, 5.41) is 2.86. The molecule has 1 heterocycles. The topological polar surface area (TPSA) is 86.0 Å². The van der Waals surface area contributed by atoms with E-state index in [0.717, 1.165) is 6.07 Å². The maximum Gasteiger partial charge on any atom is 0.419 e. The number of nitrogens with zero attached hydrogens (tertiary/aromatic N) is 3. The van der Waals surface area contributed by atoms with Crippen molar-refractivity contribution in [1.29, 1.82) is 0 Å². The number of nitrogens with two attached hydrogens (primary N) is 1. The van der Waals surface area contributed by atoms with Gasteiger partial charge < -0.3 is 15.8 Å². The zero-order valence-corrected chi connectivity index (χ0v) is 11.6. The molecule has 1 aromatic carbocycles. The summed E-state index contributed by atoms with van der Waals surface area (Å²) in [5.41, 5.74) is 4.60. The van der Waals surface area contributed by atoms with Crippen LogP contribution in [0.25, 0.3) is 0 Å². The summed E-state index contributed by atoms with van der Waals surface area (Å²) < 4.78 is 43.7. The molecule has 0 saturated heterocycles. The standard InChI is InChI=1S/C13H14F3N5O/c1-8(20-12-19-7-18-11(17)21-12)6-22-10-5-3-2-4-9(10)13(14,15)16/h2-5,7-8H,6H2,1H3,(H3,17,18,19,20,21). The molecule has 1 atom stereocenters. The van der Waals surface area contributed by atoms with E-state index in [4.69, 9.17) is 10.5 Å². The van der Waals surface area contributed by atoms with Gasteiger partial charge in [0.25, 0.3) is 0 Å². The summed E-state index contributed by atoms with van der Waals surface area (Å²) in [4.78, 5) is 11.3. The molecule has 0 aliphatic heterocycles. The molecule has 1 aromatic heterocycles. The van der Waals surface area contributed by atoms with E-state index in [2.05, 4.69) is 20.3 Å². The molecule has 0 spiro atoms. The molecule has 0 aliphatic rings. The van der Waals surface area contributed by atoms with E-state index < -0.39 is 11.7 Å². The van der Waals surface area contributed by atoms with E-state index in [1.165, 1.54) is 24.5 Å². The molecule has 0 aliphatic carbocycles. The van der Waals surface area contributed by atoms with Crippen LogP contribution in [-0.4, -0.2) is 27.6 Å². The fourth-order valence-corrected chi connectivity index (χ4v) is 1.68. The number of para-hydroxylation sites is 1. The summed E-state index contributed by atoms with van der Waals surface area (Å²) in [6.07, 6.45) is -3.23. The highest BCUT2D eigenvalue weighted by Gasteiger charge is 2.34. The van der Waals surface area contributed by atoms with Crippen LogP contribution in [0.2, 0.25) is 0 Å². The lowest BCUT2D eigenvalue weighted by Gasteiger charge is -2.17. The molecular formula is C13H14F3N5O. The number of anilines is 2. The molecule has 0 fully saturated rings. The van der Waals surface area contributed by atoms with E-state index in [9.17, 15) is 13.2 Å². The van der Waals surface area contributed by atoms with Crippen molar-refractivity contribution in [1.82, 2.24) is 15.0 Å². The molecular weight excluding hydrogens is 299 g/mol. The molecule has 2 rings (SSSR count). The fraction of sp³-hybridized carbons (Fsp3) is 0.308. The van der Waals surface area contributed by atoms with Gasteiger partial charge in [-0.25, -0.2) is 9.97 Å². The van der Waals surface area contributed by atoms with Crippen molar-refractivity contribution >= 4 is 11.9 Å². The van der Waals surface area contributed by atoms with E-state index >= 15 is 0 Å². The number of nitrogen functional groups attached to an aromatic ring is 1. The molecule has 0 radical (unpaired) electrons. The third-order valence-electron chi connectivity index (χ3n) is 2.65. The van der Waals surface area contributed by atoms with Gasteiger partial charge in [0.15, 0.2) is 0 Å². The average Bonchev–Trinajstić information content (AvgIpc) is 2.44. The molecule has 118 valence electrons. The molecule has 2 aromatic rings. The minimum atomic E-state index is -4.46. The Balaban J connectivity index is 1.98. The Hall–Kier alpha value is -2.58. The van der Waals surface area contributed by atoms with Gasteiger partial charge in [0.2, 0.25) is 11.9 Å². The Morgan fingerprint density at radius 3 is 2.68 bits per heavy atom. The molecule has 3 N–H and O–H groups in total. The minimum Gasteiger partial charge on any atom is -0.491 e. The van der Waals surface area contributed by atoms with Crippen LogP contribution in [-0.2, 0) is 6.18 Å². The maximum atomic E-state index is 12.8. The van der Waals surface area contributed by atoms with Gasteiger partial charge in [0, 0.05) is 0 Å². The van der Waals surface area contributed by atoms with Crippen molar-refractivity contribution in [3.8, 4) is 5.75 Å². The van der Waals surface area contributed by atoms with E-state index in [-0.39, 0.29) is 30.3 Å². The van der Waals surface area contributed by atoms with Crippen LogP contribution in [0.4, 0.5) is 25.1 Å². The van der Waals surface area contributed by atoms with Crippen molar-refractivity contribution in [2.24, 2.45) is 0 Å². The lowest BCUT2D eigenvalue weighted by atomic mass is 10.2. The van der Waals surface area contributed by atoms with Gasteiger partial charge in [0.1, 0.15) is 18.7 Å². The summed E-state index contributed by atoms with van der Waals surface area (Å²) in [7, 11) is 0. The number of benzene rings is 1. The SMILES string of the molecule is CC(COc1ccccc1C(F)(F)F)Nc1ncnc(N)n1. The number of rotatable bonds is 5. The summed E-state index contributed by atoms with van der Waals surface area (Å²) in [6.45, 7) is 1.72. The molecule has 1 unspecified atom stereocenters. The molecule has 22 heavy (non-hydrogen) atoms. The zero-order valence-electron chi connectivity index (χ0n) is 11.6. The van der Waals surface area contributed by atoms with Gasteiger partial charge in [-0.05, 0) is 19.1 Å². The number of hydrogen-bond acceptors (Lipinski definition) is 6. The van der Waals surface area contributed by atoms with Gasteiger partial charge in [-0.2, -0.15) is 18.2 Å². The Morgan fingerprint density at radius 2 is 2.00 bits per heavy atom. The second-order valence-corrected chi connectivity index (χ2v) is 4.52. The van der Waals surface area contributed by atoms with Crippen LogP contribution in [0.3, 0.4) is 0 Å². The largest absolute Gasteiger partial charge is 0.491 e. The normalized spacial score (nSPS) is 12.7. The number of ether oxygens (including phenoxy) is 1. The summed E-state index contributed by atoms with van der Waals surface area (Å²) in [6, 6.07) is 4.71. The molecule has 0 saturated carbocycles. The Bertz CT molecular complexity index is 635. The van der Waals surface area contributed by atoms with Crippen molar-refractivity contribution in [3.05, 3.63) is 36.2 Å². The van der Waals surface area contributed by atoms with Crippen LogP contribution < -0.4 is 15.8 Å². The predicted molar refractivity (Wildman–Crippen MR) is 74.3 cm³/mol. The third kappa shape index (κ3) is 4.21. The highest BCUT2D eigenvalue weighted by Crippen LogP contribution is 2.35. The van der Waals surface area contributed by atoms with Crippen molar-refractivity contribution in [2.75, 3.05) is 17.7 Å². The van der Waals surface area contributed by atoms with Crippen molar-refractivity contribution in [2.45, 2.75) is 19.1 Å². The molecule has 0 amide bonds. The minimum absolute atomic E-state index is 0.00131. The van der Waals surface area contributed by atoms with Crippen LogP contribution in [0.15, 0.2) is 30.6 Å². The lowest BCUT2D eigenvalue weighted by molar-refractivity contribution is -0.139. The van der Waals surface area contributed by atoms with E-state index in [1.807, 2.05) is 0 Å². The highest BCUT2D eigenvalue weighted by atomic mass is 19.4. The van der Waals surface area contributed by atoms with Crippen molar-refractivity contribution in [3.63, 3.8) is 0 Å². The Morgan fingerprint density at radius 1 is 1.27 bits per heavy atom. The van der Waals surface area contributed by atoms with Crippen molar-refractivity contribution < 1.29 is 17.9 Å². The summed E-state index contributed by atoms with van der Waals surface area (Å²) >= 11 is 0. The first kappa shape index (κ1) is 15.8. The zero-order chi connectivity index (χ0) is 16.2. The molecule has 9 heteroatoms. The van der Waals surface area contributed by atoms with Crippen LogP contribution in [0.5, 0.6) is 5.75 Å². The quantitative estimate of drug-likeness (QED) is 0.881. The van der Waals surface area contributed by atoms with E-state index in [1.54, 1.807) is 6.92 Å². The number of alkyl halides is 3. The average molecular weight is 313 g/mol. The highest BCUT2D eigenvalue weighted by molar-refractivity contribution is 5.36. The first-order valence-corrected chi connectivity index (χ1v) is 6.36. The third-order valence-corrected chi connectivity index (χ3v) is 2.65. The molecule has 0 bridgehead atoms. The van der Waals surface area contributed by atoms with Crippen LogP contribution in [0, 0.1) is 0 Å². The smallest absolute Gasteiger partial charge is 0.419 e. The number of halogens is 3. The Labute approximate surface area is 124 Å². The monoisotopic (exact) mass is 313 g/mol.